The molecule has 2 amide bonds. The zero-order valence-corrected chi connectivity index (χ0v) is 10.1. The molecule has 1 unspecified atom stereocenters. The topological polar surface area (TPSA) is 49.4 Å². The largest absolute Gasteiger partial charge is 0.352 e. The summed E-state index contributed by atoms with van der Waals surface area (Å²) in [5, 5.41) is 2.72. The number of hydrogen-bond donors (Lipinski definition) is 1. The second-order valence-corrected chi connectivity index (χ2v) is 4.56. The van der Waals surface area contributed by atoms with Crippen LogP contribution in [-0.2, 0) is 4.79 Å². The van der Waals surface area contributed by atoms with E-state index in [0.717, 1.165) is 0 Å². The Labute approximate surface area is 105 Å². The third-order valence-corrected chi connectivity index (χ3v) is 3.06. The van der Waals surface area contributed by atoms with Gasteiger partial charge in [-0.1, -0.05) is 6.07 Å². The van der Waals surface area contributed by atoms with E-state index in [1.165, 1.54) is 18.2 Å². The molecule has 1 N–H and O–H groups in total. The van der Waals surface area contributed by atoms with Gasteiger partial charge >= 0.3 is 0 Å². The molecule has 18 heavy (non-hydrogen) atoms. The molecule has 1 heterocycles. The summed E-state index contributed by atoms with van der Waals surface area (Å²) >= 11 is 0. The second-order valence-electron chi connectivity index (χ2n) is 4.56. The molecule has 1 atom stereocenters. The number of amides is 2. The van der Waals surface area contributed by atoms with Crippen molar-refractivity contribution in [2.45, 2.75) is 6.42 Å². The molecule has 0 aromatic heterocycles. The van der Waals surface area contributed by atoms with E-state index in [1.54, 1.807) is 18.0 Å². The van der Waals surface area contributed by atoms with Crippen LogP contribution in [-0.4, -0.2) is 36.9 Å². The van der Waals surface area contributed by atoms with Gasteiger partial charge in [-0.2, -0.15) is 0 Å². The lowest BCUT2D eigenvalue weighted by atomic mass is 10.1. The second kappa shape index (κ2) is 5.16. The van der Waals surface area contributed by atoms with Gasteiger partial charge in [0.05, 0.1) is 0 Å². The van der Waals surface area contributed by atoms with Crippen molar-refractivity contribution in [3.63, 3.8) is 0 Å². The quantitative estimate of drug-likeness (QED) is 0.871. The first-order valence-corrected chi connectivity index (χ1v) is 5.84. The molecule has 1 aliphatic rings. The minimum absolute atomic E-state index is 0.0972. The zero-order valence-electron chi connectivity index (χ0n) is 10.1. The summed E-state index contributed by atoms with van der Waals surface area (Å²) in [7, 11) is 1.75. The normalized spacial score (nSPS) is 19.1. The number of nitrogens with zero attached hydrogens (tertiary/aromatic N) is 1. The number of rotatable bonds is 3. The minimum Gasteiger partial charge on any atom is -0.352 e. The maximum absolute atomic E-state index is 12.9. The Hall–Kier alpha value is -1.91. The smallest absolute Gasteiger partial charge is 0.251 e. The van der Waals surface area contributed by atoms with Gasteiger partial charge in [0.1, 0.15) is 5.82 Å². The molecule has 0 spiro atoms. The molecule has 1 aromatic carbocycles. The summed E-state index contributed by atoms with van der Waals surface area (Å²) in [5.74, 6) is -0.505. The van der Waals surface area contributed by atoms with Crippen molar-refractivity contribution in [3.8, 4) is 0 Å². The fourth-order valence-electron chi connectivity index (χ4n) is 2.06. The third-order valence-electron chi connectivity index (χ3n) is 3.06. The first-order chi connectivity index (χ1) is 8.56. The highest BCUT2D eigenvalue weighted by Crippen LogP contribution is 2.15. The molecule has 96 valence electrons. The van der Waals surface area contributed by atoms with Gasteiger partial charge in [-0.25, -0.2) is 4.39 Å². The van der Waals surface area contributed by atoms with Crippen LogP contribution in [0, 0.1) is 11.7 Å². The summed E-state index contributed by atoms with van der Waals surface area (Å²) < 4.78 is 12.9. The standard InChI is InChI=1S/C13H15FN2O2/c1-16-8-9(5-12(16)17)7-15-13(18)10-3-2-4-11(14)6-10/h2-4,6,9H,5,7-8H2,1H3,(H,15,18). The molecule has 2 rings (SSSR count). The number of benzene rings is 1. The van der Waals surface area contributed by atoms with Crippen LogP contribution in [0.5, 0.6) is 0 Å². The Morgan fingerprint density at radius 1 is 1.56 bits per heavy atom. The summed E-state index contributed by atoms with van der Waals surface area (Å²) in [4.78, 5) is 24.7. The molecule has 1 saturated heterocycles. The highest BCUT2D eigenvalue weighted by atomic mass is 19.1. The van der Waals surface area contributed by atoms with E-state index >= 15 is 0 Å². The van der Waals surface area contributed by atoms with Gasteiger partial charge in [0, 0.05) is 38.0 Å². The van der Waals surface area contributed by atoms with Crippen LogP contribution in [0.15, 0.2) is 24.3 Å². The number of carbonyl (C=O) groups is 2. The average molecular weight is 250 g/mol. The Bertz CT molecular complexity index is 476. The first kappa shape index (κ1) is 12.5. The molecular formula is C13H15FN2O2. The number of carbonyl (C=O) groups excluding carboxylic acids is 2. The van der Waals surface area contributed by atoms with Gasteiger partial charge in [0.15, 0.2) is 0 Å². The lowest BCUT2D eigenvalue weighted by Gasteiger charge is -2.11. The van der Waals surface area contributed by atoms with Gasteiger partial charge in [-0.15, -0.1) is 0 Å². The molecule has 1 fully saturated rings. The van der Waals surface area contributed by atoms with Crippen LogP contribution in [0.2, 0.25) is 0 Å². The van der Waals surface area contributed by atoms with Crippen molar-refractivity contribution < 1.29 is 14.0 Å². The Morgan fingerprint density at radius 2 is 2.33 bits per heavy atom. The maximum Gasteiger partial charge on any atom is 0.251 e. The van der Waals surface area contributed by atoms with Crippen molar-refractivity contribution in [2.75, 3.05) is 20.1 Å². The van der Waals surface area contributed by atoms with E-state index in [1.807, 2.05) is 0 Å². The Balaban J connectivity index is 1.87. The van der Waals surface area contributed by atoms with E-state index in [4.69, 9.17) is 0 Å². The SMILES string of the molecule is CN1CC(CNC(=O)c2cccc(F)c2)CC1=O. The van der Waals surface area contributed by atoms with Crippen LogP contribution < -0.4 is 5.32 Å². The van der Waals surface area contributed by atoms with Crippen LogP contribution in [0.25, 0.3) is 0 Å². The summed E-state index contributed by atoms with van der Waals surface area (Å²) in [5.41, 5.74) is 0.299. The molecule has 0 saturated carbocycles. The molecule has 1 aromatic rings. The highest BCUT2D eigenvalue weighted by Gasteiger charge is 2.26. The predicted molar refractivity (Wildman–Crippen MR) is 64.5 cm³/mol. The number of halogens is 1. The van der Waals surface area contributed by atoms with Gasteiger partial charge in [-0.05, 0) is 18.2 Å². The minimum atomic E-state index is -0.432. The van der Waals surface area contributed by atoms with Crippen molar-refractivity contribution in [1.29, 1.82) is 0 Å². The monoisotopic (exact) mass is 250 g/mol. The van der Waals surface area contributed by atoms with Crippen LogP contribution in [0.4, 0.5) is 4.39 Å². The van der Waals surface area contributed by atoms with Crippen molar-refractivity contribution >= 4 is 11.8 Å². The Kier molecular flexibility index (Phi) is 3.60. The molecule has 0 bridgehead atoms. The van der Waals surface area contributed by atoms with Gasteiger partial charge in [0.25, 0.3) is 5.91 Å². The van der Waals surface area contributed by atoms with Crippen LogP contribution >= 0.6 is 0 Å². The molecule has 0 aliphatic carbocycles. The van der Waals surface area contributed by atoms with Crippen molar-refractivity contribution in [2.24, 2.45) is 5.92 Å². The number of likely N-dealkylation sites (tertiary alicyclic amines) is 1. The van der Waals surface area contributed by atoms with Crippen LogP contribution in [0.3, 0.4) is 0 Å². The van der Waals surface area contributed by atoms with Gasteiger partial charge < -0.3 is 10.2 Å². The fourth-order valence-corrected chi connectivity index (χ4v) is 2.06. The molecule has 1 aliphatic heterocycles. The number of hydrogen-bond acceptors (Lipinski definition) is 2. The molecule has 4 nitrogen and oxygen atoms in total. The number of nitrogens with one attached hydrogen (secondary N) is 1. The molecular weight excluding hydrogens is 235 g/mol. The summed E-state index contributed by atoms with van der Waals surface area (Å²) in [6.45, 7) is 1.09. The first-order valence-electron chi connectivity index (χ1n) is 5.84. The van der Waals surface area contributed by atoms with E-state index in [9.17, 15) is 14.0 Å². The van der Waals surface area contributed by atoms with Crippen molar-refractivity contribution in [1.82, 2.24) is 10.2 Å². The zero-order chi connectivity index (χ0) is 13.1. The third kappa shape index (κ3) is 2.85. The highest BCUT2D eigenvalue weighted by molar-refractivity contribution is 5.94. The summed E-state index contributed by atoms with van der Waals surface area (Å²) in [6, 6.07) is 5.55. The predicted octanol–water partition coefficient (Wildman–Crippen LogP) is 1.03. The van der Waals surface area contributed by atoms with E-state index < -0.39 is 5.82 Å². The molecule has 5 heteroatoms. The van der Waals surface area contributed by atoms with Crippen LogP contribution in [0.1, 0.15) is 16.8 Å². The molecule has 0 radical (unpaired) electrons. The van der Waals surface area contributed by atoms with Gasteiger partial charge in [-0.3, -0.25) is 9.59 Å². The maximum atomic E-state index is 12.9. The lowest BCUT2D eigenvalue weighted by Crippen LogP contribution is -2.30. The Morgan fingerprint density at radius 3 is 2.94 bits per heavy atom. The fraction of sp³-hybridized carbons (Fsp3) is 0.385. The summed E-state index contributed by atoms with van der Waals surface area (Å²) in [6.07, 6.45) is 0.458. The van der Waals surface area contributed by atoms with E-state index in [0.29, 0.717) is 25.1 Å². The lowest BCUT2D eigenvalue weighted by molar-refractivity contribution is -0.126. The van der Waals surface area contributed by atoms with E-state index in [-0.39, 0.29) is 17.7 Å². The van der Waals surface area contributed by atoms with E-state index in [2.05, 4.69) is 5.32 Å². The average Bonchev–Trinajstić information content (AvgIpc) is 2.66. The van der Waals surface area contributed by atoms with Gasteiger partial charge in [0.2, 0.25) is 5.91 Å². The van der Waals surface area contributed by atoms with Crippen molar-refractivity contribution in [3.05, 3.63) is 35.6 Å².